The van der Waals surface area contributed by atoms with Crippen molar-refractivity contribution in [2.45, 2.75) is 51.3 Å². The first-order valence-electron chi connectivity index (χ1n) is 8.65. The van der Waals surface area contributed by atoms with Crippen molar-refractivity contribution in [1.29, 1.82) is 0 Å². The van der Waals surface area contributed by atoms with E-state index in [1.54, 1.807) is 0 Å². The Hall–Kier alpha value is -2.02. The highest BCUT2D eigenvalue weighted by atomic mass is 19.1. The molecule has 1 aliphatic heterocycles. The predicted molar refractivity (Wildman–Crippen MR) is 87.0 cm³/mol. The van der Waals surface area contributed by atoms with Crippen LogP contribution in [0, 0.1) is 11.7 Å². The van der Waals surface area contributed by atoms with Crippen LogP contribution in [-0.2, 0) is 17.7 Å². The van der Waals surface area contributed by atoms with E-state index in [-0.39, 0.29) is 23.8 Å². The molecule has 128 valence electrons. The van der Waals surface area contributed by atoms with Gasteiger partial charge < -0.3 is 10.1 Å². The molecule has 24 heavy (non-hydrogen) atoms. The number of aryl methyl sites for hydroxylation is 1. The van der Waals surface area contributed by atoms with E-state index in [1.165, 1.54) is 19.2 Å². The van der Waals surface area contributed by atoms with Crippen molar-refractivity contribution in [1.82, 2.24) is 19.7 Å². The minimum absolute atomic E-state index is 0.0197. The van der Waals surface area contributed by atoms with Crippen molar-refractivity contribution < 1.29 is 9.13 Å². The predicted octanol–water partition coefficient (Wildman–Crippen LogP) is 2.73. The van der Waals surface area contributed by atoms with E-state index in [0.29, 0.717) is 18.7 Å². The number of ether oxygens (including phenoxy) is 1. The van der Waals surface area contributed by atoms with E-state index in [4.69, 9.17) is 4.74 Å². The molecule has 1 aliphatic carbocycles. The maximum Gasteiger partial charge on any atom is 0.186 e. The number of halogens is 1. The molecule has 0 aromatic carbocycles. The molecule has 2 aliphatic rings. The number of aromatic nitrogens is 4. The minimum Gasteiger partial charge on any atom is -0.370 e. The highest BCUT2D eigenvalue weighted by Crippen LogP contribution is 2.35. The zero-order valence-electron chi connectivity index (χ0n) is 13.8. The Balaban J connectivity index is 1.54. The topological polar surface area (TPSA) is 64.9 Å². The molecule has 0 spiro atoms. The lowest BCUT2D eigenvalue weighted by Gasteiger charge is -2.22. The van der Waals surface area contributed by atoms with Crippen molar-refractivity contribution in [2.24, 2.45) is 5.92 Å². The monoisotopic (exact) mass is 331 g/mol. The number of rotatable bonds is 6. The highest BCUT2D eigenvalue weighted by molar-refractivity contribution is 5.39. The third-order valence-electron chi connectivity index (χ3n) is 4.78. The first kappa shape index (κ1) is 15.5. The van der Waals surface area contributed by atoms with Gasteiger partial charge in [-0.2, -0.15) is 5.10 Å². The van der Waals surface area contributed by atoms with Crippen molar-refractivity contribution in [3.63, 3.8) is 0 Å². The molecule has 3 heterocycles. The second kappa shape index (κ2) is 6.47. The van der Waals surface area contributed by atoms with E-state index in [9.17, 15) is 4.39 Å². The maximum absolute atomic E-state index is 14.4. The summed E-state index contributed by atoms with van der Waals surface area (Å²) in [5, 5.41) is 7.66. The molecule has 1 saturated carbocycles. The van der Waals surface area contributed by atoms with E-state index in [2.05, 4.69) is 20.4 Å². The fourth-order valence-electron chi connectivity index (χ4n) is 3.24. The molecule has 0 radical (unpaired) electrons. The Morgan fingerprint density at radius 2 is 2.21 bits per heavy atom. The molecule has 2 atom stereocenters. The summed E-state index contributed by atoms with van der Waals surface area (Å²) < 4.78 is 22.4. The summed E-state index contributed by atoms with van der Waals surface area (Å²) in [4.78, 5) is 8.05. The SMILES string of the molecule is CCc1ncnc(N[C@H]2CCO[C@@H]2c2ccnn2CC2CC2)c1F. The van der Waals surface area contributed by atoms with Gasteiger partial charge in [0.25, 0.3) is 0 Å². The van der Waals surface area contributed by atoms with Crippen LogP contribution < -0.4 is 5.32 Å². The van der Waals surface area contributed by atoms with Gasteiger partial charge >= 0.3 is 0 Å². The zero-order valence-corrected chi connectivity index (χ0v) is 13.8. The lowest BCUT2D eigenvalue weighted by Crippen LogP contribution is -2.27. The molecule has 0 unspecified atom stereocenters. The van der Waals surface area contributed by atoms with Gasteiger partial charge in [0.15, 0.2) is 11.6 Å². The van der Waals surface area contributed by atoms with E-state index >= 15 is 0 Å². The summed E-state index contributed by atoms with van der Waals surface area (Å²) in [6.07, 6.45) is 7.00. The van der Waals surface area contributed by atoms with Crippen LogP contribution in [0.1, 0.15) is 43.7 Å². The summed E-state index contributed by atoms with van der Waals surface area (Å²) in [5.74, 6) is 0.635. The van der Waals surface area contributed by atoms with E-state index in [0.717, 1.165) is 24.6 Å². The summed E-state index contributed by atoms with van der Waals surface area (Å²) in [7, 11) is 0. The number of nitrogens with one attached hydrogen (secondary N) is 1. The van der Waals surface area contributed by atoms with Crippen LogP contribution in [-0.4, -0.2) is 32.4 Å². The normalized spacial score (nSPS) is 23.6. The fraction of sp³-hybridized carbons (Fsp3) is 0.588. The molecule has 1 N–H and O–H groups in total. The maximum atomic E-state index is 14.4. The van der Waals surface area contributed by atoms with Gasteiger partial charge in [-0.25, -0.2) is 14.4 Å². The second-order valence-corrected chi connectivity index (χ2v) is 6.55. The van der Waals surface area contributed by atoms with Gasteiger partial charge in [0, 0.05) is 19.3 Å². The van der Waals surface area contributed by atoms with Gasteiger partial charge in [-0.15, -0.1) is 0 Å². The molecule has 4 rings (SSSR count). The molecule has 0 amide bonds. The average Bonchev–Trinajstić information content (AvgIpc) is 3.09. The fourth-order valence-corrected chi connectivity index (χ4v) is 3.24. The summed E-state index contributed by atoms with van der Waals surface area (Å²) in [6, 6.07) is 1.98. The Morgan fingerprint density at radius 3 is 3.00 bits per heavy atom. The van der Waals surface area contributed by atoms with Gasteiger partial charge in [-0.05, 0) is 37.7 Å². The summed E-state index contributed by atoms with van der Waals surface area (Å²) >= 11 is 0. The average molecular weight is 331 g/mol. The van der Waals surface area contributed by atoms with Crippen molar-refractivity contribution in [3.8, 4) is 0 Å². The lowest BCUT2D eigenvalue weighted by molar-refractivity contribution is 0.0995. The summed E-state index contributed by atoms with van der Waals surface area (Å²) in [6.45, 7) is 3.47. The molecule has 2 aromatic rings. The molecule has 1 saturated heterocycles. The minimum atomic E-state index is -0.364. The molecule has 2 fully saturated rings. The zero-order chi connectivity index (χ0) is 16.5. The van der Waals surface area contributed by atoms with Crippen LogP contribution in [0.4, 0.5) is 10.2 Å². The number of anilines is 1. The van der Waals surface area contributed by atoms with Crippen LogP contribution in [0.5, 0.6) is 0 Å². The molecular weight excluding hydrogens is 309 g/mol. The third-order valence-corrected chi connectivity index (χ3v) is 4.78. The Morgan fingerprint density at radius 1 is 1.33 bits per heavy atom. The molecule has 2 aromatic heterocycles. The Kier molecular flexibility index (Phi) is 4.18. The van der Waals surface area contributed by atoms with Crippen LogP contribution in [0.3, 0.4) is 0 Å². The van der Waals surface area contributed by atoms with Gasteiger partial charge in [-0.3, -0.25) is 4.68 Å². The van der Waals surface area contributed by atoms with E-state index in [1.807, 2.05) is 23.9 Å². The Labute approximate surface area is 140 Å². The van der Waals surface area contributed by atoms with Crippen LogP contribution in [0.2, 0.25) is 0 Å². The van der Waals surface area contributed by atoms with Crippen molar-refractivity contribution >= 4 is 5.82 Å². The van der Waals surface area contributed by atoms with Crippen LogP contribution >= 0.6 is 0 Å². The smallest absolute Gasteiger partial charge is 0.186 e. The van der Waals surface area contributed by atoms with Crippen LogP contribution in [0.15, 0.2) is 18.6 Å². The first-order chi connectivity index (χ1) is 11.8. The third kappa shape index (κ3) is 3.00. The van der Waals surface area contributed by atoms with E-state index < -0.39 is 0 Å². The number of hydrogen-bond acceptors (Lipinski definition) is 5. The van der Waals surface area contributed by atoms with Gasteiger partial charge in [0.2, 0.25) is 0 Å². The molecule has 0 bridgehead atoms. The van der Waals surface area contributed by atoms with Crippen molar-refractivity contribution in [2.75, 3.05) is 11.9 Å². The quantitative estimate of drug-likeness (QED) is 0.882. The largest absolute Gasteiger partial charge is 0.370 e. The Bertz CT molecular complexity index is 715. The van der Waals surface area contributed by atoms with Gasteiger partial charge in [-0.1, -0.05) is 6.92 Å². The van der Waals surface area contributed by atoms with Gasteiger partial charge in [0.05, 0.1) is 17.4 Å². The first-order valence-corrected chi connectivity index (χ1v) is 8.65. The highest BCUT2D eigenvalue weighted by Gasteiger charge is 2.34. The second-order valence-electron chi connectivity index (χ2n) is 6.55. The molecule has 6 nitrogen and oxygen atoms in total. The lowest BCUT2D eigenvalue weighted by atomic mass is 10.1. The van der Waals surface area contributed by atoms with Crippen LogP contribution in [0.25, 0.3) is 0 Å². The molecular formula is C17H22FN5O. The van der Waals surface area contributed by atoms with Crippen molar-refractivity contribution in [3.05, 3.63) is 35.8 Å². The number of nitrogens with zero attached hydrogens (tertiary/aromatic N) is 4. The molecule has 7 heteroatoms. The summed E-state index contributed by atoms with van der Waals surface area (Å²) in [5.41, 5.74) is 1.49. The number of hydrogen-bond donors (Lipinski definition) is 1. The van der Waals surface area contributed by atoms with Gasteiger partial charge in [0.1, 0.15) is 12.4 Å². The standard InChI is InChI=1S/C17H22FN5O/c1-2-12-15(18)17(20-10-19-12)22-13-6-8-24-16(13)14-5-7-21-23(14)9-11-3-4-11/h5,7,10-11,13,16H,2-4,6,8-9H2,1H3,(H,19,20,22)/t13-,16-/m0/s1.